The van der Waals surface area contributed by atoms with Crippen LogP contribution in [0.2, 0.25) is 0 Å². The zero-order valence-corrected chi connectivity index (χ0v) is 18.2. The summed E-state index contributed by atoms with van der Waals surface area (Å²) in [4.78, 5) is 19.4. The van der Waals surface area contributed by atoms with Gasteiger partial charge in [-0.2, -0.15) is 5.10 Å². The van der Waals surface area contributed by atoms with Gasteiger partial charge in [-0.15, -0.1) is 0 Å². The molecule has 1 aromatic carbocycles. The predicted octanol–water partition coefficient (Wildman–Crippen LogP) is 4.90. The average molecular weight is 409 g/mol. The Hall–Kier alpha value is -2.34. The lowest BCUT2D eigenvalue weighted by molar-refractivity contribution is -0.132. The minimum absolute atomic E-state index is 0.222. The van der Waals surface area contributed by atoms with Crippen LogP contribution in [0.25, 0.3) is 16.8 Å². The molecule has 3 heterocycles. The van der Waals surface area contributed by atoms with Gasteiger partial charge in [0.05, 0.1) is 17.0 Å². The molecule has 1 amide bonds. The summed E-state index contributed by atoms with van der Waals surface area (Å²) in [7, 11) is 0. The first-order valence-electron chi connectivity index (χ1n) is 10.4. The second-order valence-corrected chi connectivity index (χ2v) is 8.79. The van der Waals surface area contributed by atoms with E-state index in [0.29, 0.717) is 11.8 Å². The number of hydrogen-bond acceptors (Lipinski definition) is 4. The zero-order chi connectivity index (χ0) is 20.4. The molecule has 0 N–H and O–H groups in total. The van der Waals surface area contributed by atoms with Crippen molar-refractivity contribution in [2.45, 2.75) is 57.5 Å². The number of aryl methyl sites for hydroxylation is 2. The van der Waals surface area contributed by atoms with E-state index in [4.69, 9.17) is 5.10 Å². The Bertz CT molecular complexity index is 1030. The van der Waals surface area contributed by atoms with E-state index >= 15 is 0 Å². The molecule has 4 rings (SSSR count). The predicted molar refractivity (Wildman–Crippen MR) is 118 cm³/mol. The summed E-state index contributed by atoms with van der Waals surface area (Å²) in [5, 5.41) is 5.58. The molecule has 1 saturated heterocycles. The molecule has 0 unspecified atom stereocenters. The quantitative estimate of drug-likeness (QED) is 0.564. The first kappa shape index (κ1) is 20.0. The second kappa shape index (κ2) is 8.57. The van der Waals surface area contributed by atoms with Gasteiger partial charge in [0.1, 0.15) is 5.03 Å². The molecule has 1 atom stereocenters. The van der Waals surface area contributed by atoms with Crippen LogP contribution in [0.4, 0.5) is 0 Å². The van der Waals surface area contributed by atoms with Crippen molar-refractivity contribution < 1.29 is 4.79 Å². The Morgan fingerprint density at radius 2 is 2.07 bits per heavy atom. The van der Waals surface area contributed by atoms with Gasteiger partial charge < -0.3 is 4.90 Å². The number of piperidine rings is 1. The molecule has 0 radical (unpaired) electrons. The van der Waals surface area contributed by atoms with Gasteiger partial charge in [-0.1, -0.05) is 30.8 Å². The van der Waals surface area contributed by atoms with Crippen LogP contribution in [-0.4, -0.2) is 43.7 Å². The highest BCUT2D eigenvalue weighted by atomic mass is 32.2. The van der Waals surface area contributed by atoms with Crippen molar-refractivity contribution in [2.75, 3.05) is 12.3 Å². The fourth-order valence-electron chi connectivity index (χ4n) is 4.02. The molecule has 0 spiro atoms. The lowest BCUT2D eigenvalue weighted by Gasteiger charge is -2.35. The topological polar surface area (TPSA) is 50.5 Å². The smallest absolute Gasteiger partial charge is 0.233 e. The lowest BCUT2D eigenvalue weighted by Crippen LogP contribution is -2.44. The van der Waals surface area contributed by atoms with Crippen LogP contribution in [-0.2, 0) is 4.79 Å². The number of thioether (sulfide) groups is 1. The summed E-state index contributed by atoms with van der Waals surface area (Å²) in [6, 6.07) is 8.87. The number of hydrogen-bond donors (Lipinski definition) is 0. The number of nitrogens with zero attached hydrogens (tertiary/aromatic N) is 4. The van der Waals surface area contributed by atoms with Gasteiger partial charge in [-0.05, 0) is 62.8 Å². The van der Waals surface area contributed by atoms with Crippen molar-refractivity contribution in [1.82, 2.24) is 19.5 Å². The Morgan fingerprint density at radius 1 is 1.21 bits per heavy atom. The maximum absolute atomic E-state index is 12.8. The maximum atomic E-state index is 12.8. The van der Waals surface area contributed by atoms with Crippen LogP contribution < -0.4 is 0 Å². The zero-order valence-electron chi connectivity index (χ0n) is 17.4. The van der Waals surface area contributed by atoms with E-state index in [1.54, 1.807) is 6.20 Å². The van der Waals surface area contributed by atoms with Crippen molar-refractivity contribution in [3.63, 3.8) is 0 Å². The normalized spacial score (nSPS) is 17.1. The standard InChI is InChI=1S/C23H28N4OS/c1-4-19-7-5-6-11-26(19)22(28)15-29-23-21-14-20(25-27(21)12-10-24-23)18-9-8-16(2)17(3)13-18/h8-10,12-14,19H,4-7,11,15H2,1-3H3/t19-/m1/s1. The number of benzene rings is 1. The molecular formula is C23H28N4OS. The summed E-state index contributed by atoms with van der Waals surface area (Å²) in [5.74, 6) is 0.645. The summed E-state index contributed by atoms with van der Waals surface area (Å²) >= 11 is 1.52. The highest BCUT2D eigenvalue weighted by molar-refractivity contribution is 8.00. The fraction of sp³-hybridized carbons (Fsp3) is 0.435. The van der Waals surface area contributed by atoms with Crippen molar-refractivity contribution in [3.05, 3.63) is 47.8 Å². The molecule has 29 heavy (non-hydrogen) atoms. The van der Waals surface area contributed by atoms with Gasteiger partial charge in [-0.3, -0.25) is 4.79 Å². The van der Waals surface area contributed by atoms with Crippen LogP contribution in [0, 0.1) is 13.8 Å². The van der Waals surface area contributed by atoms with Crippen LogP contribution in [0.5, 0.6) is 0 Å². The number of carbonyl (C=O) groups is 1. The van der Waals surface area contributed by atoms with E-state index < -0.39 is 0 Å². The van der Waals surface area contributed by atoms with Crippen LogP contribution >= 0.6 is 11.8 Å². The largest absolute Gasteiger partial charge is 0.339 e. The molecule has 5 nitrogen and oxygen atoms in total. The van der Waals surface area contributed by atoms with Gasteiger partial charge >= 0.3 is 0 Å². The van der Waals surface area contributed by atoms with E-state index in [9.17, 15) is 4.79 Å². The molecule has 152 valence electrons. The summed E-state index contributed by atoms with van der Waals surface area (Å²) in [6.07, 6.45) is 8.13. The molecule has 2 aromatic heterocycles. The van der Waals surface area contributed by atoms with Crippen LogP contribution in [0.15, 0.2) is 41.7 Å². The number of rotatable bonds is 5. The third-order valence-electron chi connectivity index (χ3n) is 5.91. The van der Waals surface area contributed by atoms with Crippen molar-refractivity contribution in [2.24, 2.45) is 0 Å². The second-order valence-electron chi connectivity index (χ2n) is 7.82. The van der Waals surface area contributed by atoms with Gasteiger partial charge in [-0.25, -0.2) is 9.50 Å². The molecule has 6 heteroatoms. The Kier molecular flexibility index (Phi) is 5.90. The minimum atomic E-state index is 0.222. The molecule has 3 aromatic rings. The molecule has 1 aliphatic rings. The molecule has 0 saturated carbocycles. The Morgan fingerprint density at radius 3 is 2.86 bits per heavy atom. The number of aromatic nitrogens is 3. The third-order valence-corrected chi connectivity index (χ3v) is 6.89. The van der Waals surface area contributed by atoms with Crippen molar-refractivity contribution in [1.29, 1.82) is 0 Å². The summed E-state index contributed by atoms with van der Waals surface area (Å²) in [5.41, 5.74) is 5.51. The van der Waals surface area contributed by atoms with Gasteiger partial charge in [0.2, 0.25) is 5.91 Å². The SMILES string of the molecule is CC[C@@H]1CCCCN1C(=O)CSc1nccn2nc(-c3ccc(C)c(C)c3)cc12. The molecule has 1 aliphatic heterocycles. The van der Waals surface area contributed by atoms with Crippen LogP contribution in [0.3, 0.4) is 0 Å². The minimum Gasteiger partial charge on any atom is -0.339 e. The van der Waals surface area contributed by atoms with Gasteiger partial charge in [0.15, 0.2) is 0 Å². The summed E-state index contributed by atoms with van der Waals surface area (Å²) in [6.45, 7) is 7.29. The number of likely N-dealkylation sites (tertiary alicyclic amines) is 1. The third kappa shape index (κ3) is 4.17. The van der Waals surface area contributed by atoms with E-state index in [-0.39, 0.29) is 5.91 Å². The summed E-state index contributed by atoms with van der Waals surface area (Å²) < 4.78 is 1.86. The van der Waals surface area contributed by atoms with Crippen molar-refractivity contribution in [3.8, 4) is 11.3 Å². The fourth-order valence-corrected chi connectivity index (χ4v) is 4.88. The molecule has 0 aliphatic carbocycles. The first-order valence-corrected chi connectivity index (χ1v) is 11.4. The highest BCUT2D eigenvalue weighted by Crippen LogP contribution is 2.28. The lowest BCUT2D eigenvalue weighted by atomic mass is 10.0. The van der Waals surface area contributed by atoms with E-state index in [1.807, 2.05) is 10.7 Å². The Labute approximate surface area is 176 Å². The monoisotopic (exact) mass is 408 g/mol. The van der Waals surface area contributed by atoms with E-state index in [2.05, 4.69) is 54.9 Å². The number of carbonyl (C=O) groups excluding carboxylic acids is 1. The van der Waals surface area contributed by atoms with E-state index in [1.165, 1.54) is 29.3 Å². The molecule has 1 fully saturated rings. The number of amides is 1. The van der Waals surface area contributed by atoms with Gasteiger partial charge in [0, 0.05) is 30.5 Å². The average Bonchev–Trinajstić information content (AvgIpc) is 3.19. The maximum Gasteiger partial charge on any atom is 0.233 e. The first-order chi connectivity index (χ1) is 14.1. The van der Waals surface area contributed by atoms with Crippen LogP contribution in [0.1, 0.15) is 43.7 Å². The Balaban J connectivity index is 1.54. The highest BCUT2D eigenvalue weighted by Gasteiger charge is 2.25. The molecular weight excluding hydrogens is 380 g/mol. The molecule has 0 bridgehead atoms. The van der Waals surface area contributed by atoms with E-state index in [0.717, 1.165) is 47.6 Å². The van der Waals surface area contributed by atoms with Gasteiger partial charge in [0.25, 0.3) is 0 Å². The number of fused-ring (bicyclic) bond motifs is 1. The van der Waals surface area contributed by atoms with Crippen molar-refractivity contribution >= 4 is 23.2 Å².